The Kier molecular flexibility index (Phi) is 15.5. The van der Waals surface area contributed by atoms with Crippen molar-refractivity contribution in [1.82, 2.24) is 0 Å². The molecule has 330 valence electrons. The van der Waals surface area contributed by atoms with Crippen molar-refractivity contribution in [3.8, 4) is 5.75 Å². The van der Waals surface area contributed by atoms with E-state index in [0.717, 1.165) is 48.5 Å². The molecule has 0 radical (unpaired) electrons. The molecular weight excluding hydrogens is 812 g/mol. The van der Waals surface area contributed by atoms with Crippen LogP contribution in [0.1, 0.15) is 70.5 Å². The number of hydrogen-bond acceptors (Lipinski definition) is 20. The number of carbonyl (C=O) groups is 8. The maximum absolute atomic E-state index is 13.2. The highest BCUT2D eigenvalue weighted by molar-refractivity contribution is 6.01. The fourth-order valence-corrected chi connectivity index (χ4v) is 6.83. The molecule has 0 aromatic heterocycles. The molecule has 0 spiro atoms. The maximum atomic E-state index is 13.2. The maximum Gasteiger partial charge on any atom is 0.303 e. The summed E-state index contributed by atoms with van der Waals surface area (Å²) in [5.74, 6) is -6.24. The average molecular weight is 859 g/mol. The van der Waals surface area contributed by atoms with Crippen molar-refractivity contribution in [2.45, 2.75) is 122 Å². The lowest BCUT2D eigenvalue weighted by atomic mass is 9.96. The summed E-state index contributed by atoms with van der Waals surface area (Å²) in [6, 6.07) is 15.0. The normalized spacial score (nSPS) is 29.1. The van der Waals surface area contributed by atoms with Gasteiger partial charge >= 0.3 is 41.8 Å². The summed E-state index contributed by atoms with van der Waals surface area (Å²) >= 11 is 0. The van der Waals surface area contributed by atoms with Crippen LogP contribution in [0.25, 0.3) is 0 Å². The SMILES string of the molecule is CC(=O)OC[C@H]1O[C@@H](O[C@H]2[C@H](OC(C)=O)[C@@H](OC(C)=O)[C@H](Oc3ccccc3[C@H]3O[C@@H]3C(=O)c3ccccc3)O[C@@H]2COC(C)=O)[C@H](OC(C)=O)[C@@H](OC(C)=O)[C@@H]1OC(C)=O. The molecule has 3 saturated heterocycles. The first kappa shape index (κ1) is 46.1. The van der Waals surface area contributed by atoms with Gasteiger partial charge in [-0.05, 0) is 6.07 Å². The zero-order valence-corrected chi connectivity index (χ0v) is 34.2. The zero-order chi connectivity index (χ0) is 44.5. The summed E-state index contributed by atoms with van der Waals surface area (Å²) in [6.45, 7) is 6.20. The lowest BCUT2D eigenvalue weighted by Crippen LogP contribution is -2.67. The Morgan fingerprint density at radius 3 is 1.46 bits per heavy atom. The van der Waals surface area contributed by atoms with Gasteiger partial charge in [0.15, 0.2) is 42.6 Å². The lowest BCUT2D eigenvalue weighted by molar-refractivity contribution is -0.354. The van der Waals surface area contributed by atoms with E-state index in [1.807, 2.05) is 0 Å². The summed E-state index contributed by atoms with van der Waals surface area (Å²) in [7, 11) is 0. The second-order valence-corrected chi connectivity index (χ2v) is 14.0. The molecule has 61 heavy (non-hydrogen) atoms. The largest absolute Gasteiger partial charge is 0.463 e. The van der Waals surface area contributed by atoms with E-state index in [0.29, 0.717) is 11.1 Å². The van der Waals surface area contributed by atoms with Gasteiger partial charge in [-0.2, -0.15) is 0 Å². The number of hydrogen-bond donors (Lipinski definition) is 0. The number of rotatable bonds is 16. The quantitative estimate of drug-likeness (QED) is 0.101. The molecular formula is C41H46O20. The molecule has 0 aliphatic carbocycles. The Morgan fingerprint density at radius 2 is 0.918 bits per heavy atom. The predicted molar refractivity (Wildman–Crippen MR) is 199 cm³/mol. The van der Waals surface area contributed by atoms with Crippen LogP contribution in [0.4, 0.5) is 0 Å². The Bertz CT molecular complexity index is 1950. The first-order valence-corrected chi connectivity index (χ1v) is 19.0. The van der Waals surface area contributed by atoms with Crippen LogP contribution in [0.15, 0.2) is 54.6 Å². The minimum absolute atomic E-state index is 0.116. The first-order valence-electron chi connectivity index (χ1n) is 19.0. The molecule has 12 atom stereocenters. The van der Waals surface area contributed by atoms with Crippen molar-refractivity contribution in [3.05, 3.63) is 65.7 Å². The van der Waals surface area contributed by atoms with Crippen LogP contribution in [-0.4, -0.2) is 128 Å². The number of Topliss-reactive ketones (excluding diaryl/α,β-unsaturated/α-hetero) is 1. The van der Waals surface area contributed by atoms with Crippen LogP contribution in [0, 0.1) is 0 Å². The molecule has 2 aromatic carbocycles. The van der Waals surface area contributed by atoms with Crippen LogP contribution in [-0.2, 0) is 85.7 Å². The van der Waals surface area contributed by atoms with Crippen molar-refractivity contribution in [1.29, 1.82) is 0 Å². The van der Waals surface area contributed by atoms with Crippen molar-refractivity contribution in [2.24, 2.45) is 0 Å². The molecule has 20 nitrogen and oxygen atoms in total. The second-order valence-electron chi connectivity index (χ2n) is 14.0. The minimum Gasteiger partial charge on any atom is -0.463 e. The standard InChI is InChI=1S/C41H46O20/c1-19(42)50-17-29-33(52-21(3)44)36(53-22(4)45)39(56-25(7)48)41(59-29)61-34-30(18-51-20(2)43)58-40(38(55-24(6)47)37(34)54-23(5)46)57-28-16-12-11-15-27(28)32-35(60-32)31(49)26-13-9-8-10-14-26/h8-16,29-30,32-41H,17-18H2,1-7H3/t29-,30-,32-,33-,34-,35-,36+,37+,38-,39-,40-,41+/m1/s1. The molecule has 0 N–H and O–H groups in total. The van der Waals surface area contributed by atoms with Crippen LogP contribution < -0.4 is 4.74 Å². The molecule has 3 aliphatic rings. The van der Waals surface area contributed by atoms with Gasteiger partial charge in [0, 0.05) is 59.6 Å². The van der Waals surface area contributed by atoms with Crippen LogP contribution in [0.5, 0.6) is 5.75 Å². The molecule has 0 unspecified atom stereocenters. The van der Waals surface area contributed by atoms with E-state index in [-0.39, 0.29) is 11.5 Å². The minimum atomic E-state index is -1.85. The molecule has 3 aliphatic heterocycles. The highest BCUT2D eigenvalue weighted by Crippen LogP contribution is 2.45. The molecule has 0 amide bonds. The van der Waals surface area contributed by atoms with Gasteiger partial charge < -0.3 is 56.8 Å². The number of epoxide rings is 1. The van der Waals surface area contributed by atoms with Gasteiger partial charge in [-0.25, -0.2) is 0 Å². The lowest BCUT2D eigenvalue weighted by Gasteiger charge is -2.48. The monoisotopic (exact) mass is 858 g/mol. The summed E-state index contributed by atoms with van der Waals surface area (Å²) in [6.07, 6.45) is -18.0. The first-order chi connectivity index (χ1) is 28.9. The van der Waals surface area contributed by atoms with Gasteiger partial charge in [-0.1, -0.05) is 48.5 Å². The third kappa shape index (κ3) is 12.3. The molecule has 20 heteroatoms. The molecule has 3 fully saturated rings. The van der Waals surface area contributed by atoms with Gasteiger partial charge in [-0.3, -0.25) is 38.4 Å². The Labute approximate surface area is 349 Å². The molecule has 0 bridgehead atoms. The third-order valence-corrected chi connectivity index (χ3v) is 9.16. The third-order valence-electron chi connectivity index (χ3n) is 9.16. The Morgan fingerprint density at radius 1 is 0.475 bits per heavy atom. The number of ether oxygens (including phenoxy) is 12. The van der Waals surface area contributed by atoms with Crippen LogP contribution >= 0.6 is 0 Å². The van der Waals surface area contributed by atoms with E-state index >= 15 is 0 Å². The van der Waals surface area contributed by atoms with Gasteiger partial charge in [0.05, 0.1) is 0 Å². The van der Waals surface area contributed by atoms with Gasteiger partial charge in [0.25, 0.3) is 0 Å². The van der Waals surface area contributed by atoms with E-state index in [1.54, 1.807) is 48.5 Å². The molecule has 2 aromatic rings. The fraction of sp³-hybridized carbons (Fsp3) is 0.512. The van der Waals surface area contributed by atoms with E-state index in [1.165, 1.54) is 6.07 Å². The average Bonchev–Trinajstić information content (AvgIpc) is 3.98. The van der Waals surface area contributed by atoms with Gasteiger partial charge in [0.1, 0.15) is 43.4 Å². The molecule has 5 rings (SSSR count). The van der Waals surface area contributed by atoms with Gasteiger partial charge in [0.2, 0.25) is 12.4 Å². The van der Waals surface area contributed by atoms with E-state index in [2.05, 4.69) is 0 Å². The number of esters is 7. The summed E-state index contributed by atoms with van der Waals surface area (Å²) < 4.78 is 69.4. The van der Waals surface area contributed by atoms with Crippen LogP contribution in [0.2, 0.25) is 0 Å². The highest BCUT2D eigenvalue weighted by Gasteiger charge is 2.58. The van der Waals surface area contributed by atoms with Crippen molar-refractivity contribution >= 4 is 47.6 Å². The van der Waals surface area contributed by atoms with Crippen molar-refractivity contribution in [2.75, 3.05) is 13.2 Å². The Balaban J connectivity index is 1.55. The topological polar surface area (TPSA) is 251 Å². The molecule has 3 heterocycles. The fourth-order valence-electron chi connectivity index (χ4n) is 6.83. The van der Waals surface area contributed by atoms with Gasteiger partial charge in [-0.15, -0.1) is 0 Å². The van der Waals surface area contributed by atoms with E-state index in [4.69, 9.17) is 56.8 Å². The number of carbonyl (C=O) groups excluding carboxylic acids is 8. The number of ketones is 1. The number of para-hydroxylation sites is 1. The van der Waals surface area contributed by atoms with Crippen LogP contribution in [0.3, 0.4) is 0 Å². The summed E-state index contributed by atoms with van der Waals surface area (Å²) in [4.78, 5) is 100. The summed E-state index contributed by atoms with van der Waals surface area (Å²) in [5.41, 5.74) is 0.845. The Hall–Kier alpha value is -5.96. The smallest absolute Gasteiger partial charge is 0.303 e. The number of benzene rings is 2. The second kappa shape index (κ2) is 20.5. The summed E-state index contributed by atoms with van der Waals surface area (Å²) in [5, 5.41) is 0. The van der Waals surface area contributed by atoms with E-state index < -0.39 is 129 Å². The van der Waals surface area contributed by atoms with Crippen molar-refractivity contribution < 1.29 is 95.2 Å². The van der Waals surface area contributed by atoms with Crippen molar-refractivity contribution in [3.63, 3.8) is 0 Å². The predicted octanol–water partition coefficient (Wildman–Crippen LogP) is 2.01. The zero-order valence-electron chi connectivity index (χ0n) is 34.2. The van der Waals surface area contributed by atoms with E-state index in [9.17, 15) is 38.4 Å². The highest BCUT2D eigenvalue weighted by atomic mass is 16.8. The molecule has 0 saturated carbocycles.